The molecule has 5 nitrogen and oxygen atoms in total. The van der Waals surface area contributed by atoms with E-state index in [0.717, 1.165) is 40.1 Å². The van der Waals surface area contributed by atoms with Crippen molar-refractivity contribution in [1.29, 1.82) is 0 Å². The first-order valence-corrected chi connectivity index (χ1v) is 10.7. The maximum atomic E-state index is 13.4. The lowest BCUT2D eigenvalue weighted by atomic mass is 9.68. The Labute approximate surface area is 183 Å². The highest BCUT2D eigenvalue weighted by Gasteiger charge is 2.42. The number of benzene rings is 1. The van der Waals surface area contributed by atoms with Crippen molar-refractivity contribution in [3.63, 3.8) is 0 Å². The molecule has 0 saturated heterocycles. The van der Waals surface area contributed by atoms with Crippen molar-refractivity contribution in [2.75, 3.05) is 5.32 Å². The molecule has 160 valence electrons. The smallest absolute Gasteiger partial charge is 0.255 e. The number of dihydropyridines is 1. The van der Waals surface area contributed by atoms with Crippen molar-refractivity contribution in [2.24, 2.45) is 5.41 Å². The van der Waals surface area contributed by atoms with Gasteiger partial charge in [-0.05, 0) is 49.8 Å². The van der Waals surface area contributed by atoms with E-state index in [1.54, 1.807) is 12.3 Å². The Balaban J connectivity index is 1.79. The summed E-state index contributed by atoms with van der Waals surface area (Å²) in [6, 6.07) is 11.8. The number of hydrogen-bond acceptors (Lipinski definition) is 4. The Morgan fingerprint density at radius 2 is 1.71 bits per heavy atom. The van der Waals surface area contributed by atoms with Gasteiger partial charge in [-0.15, -0.1) is 0 Å². The van der Waals surface area contributed by atoms with E-state index in [-0.39, 0.29) is 17.1 Å². The van der Waals surface area contributed by atoms with Crippen LogP contribution in [0.15, 0.2) is 65.1 Å². The normalized spacial score (nSPS) is 20.3. The fourth-order valence-electron chi connectivity index (χ4n) is 4.55. The van der Waals surface area contributed by atoms with Crippen molar-refractivity contribution < 1.29 is 9.59 Å². The van der Waals surface area contributed by atoms with Gasteiger partial charge in [0.05, 0.1) is 0 Å². The molecule has 2 aliphatic rings. The first-order valence-electron chi connectivity index (χ1n) is 10.7. The second-order valence-electron chi connectivity index (χ2n) is 9.52. The monoisotopic (exact) mass is 415 g/mol. The fraction of sp³-hybridized carbons (Fsp3) is 0.346. The maximum absolute atomic E-state index is 13.4. The van der Waals surface area contributed by atoms with Crippen molar-refractivity contribution in [3.8, 4) is 0 Å². The number of carbonyl (C=O) groups is 2. The zero-order chi connectivity index (χ0) is 22.3. The van der Waals surface area contributed by atoms with Gasteiger partial charge < -0.3 is 10.6 Å². The largest absolute Gasteiger partial charge is 0.362 e. The number of anilines is 1. The predicted molar refractivity (Wildman–Crippen MR) is 122 cm³/mol. The molecule has 0 unspecified atom stereocenters. The van der Waals surface area contributed by atoms with Gasteiger partial charge in [0.1, 0.15) is 5.82 Å². The molecule has 0 bridgehead atoms. The number of aryl methyl sites for hydroxylation is 2. The van der Waals surface area contributed by atoms with Gasteiger partial charge in [0.25, 0.3) is 5.91 Å². The van der Waals surface area contributed by atoms with Gasteiger partial charge in [0.2, 0.25) is 0 Å². The van der Waals surface area contributed by atoms with Gasteiger partial charge in [-0.1, -0.05) is 49.7 Å². The van der Waals surface area contributed by atoms with E-state index in [1.165, 1.54) is 0 Å². The van der Waals surface area contributed by atoms with Crippen LogP contribution in [0.3, 0.4) is 0 Å². The lowest BCUT2D eigenvalue weighted by Crippen LogP contribution is -2.39. The SMILES string of the molecule is CC1=C(C(=O)Nc2ccc(C)cn2)[C@@H](c2ccc(C)cc2)C2=C(CC(C)(C)CC2=O)N1. The van der Waals surface area contributed by atoms with Crippen molar-refractivity contribution >= 4 is 17.5 Å². The molecule has 2 heterocycles. The van der Waals surface area contributed by atoms with E-state index < -0.39 is 5.92 Å². The van der Waals surface area contributed by atoms with Crippen LogP contribution in [0.4, 0.5) is 5.82 Å². The fourth-order valence-corrected chi connectivity index (χ4v) is 4.55. The van der Waals surface area contributed by atoms with Crippen molar-refractivity contribution in [1.82, 2.24) is 10.3 Å². The number of aromatic nitrogens is 1. The highest BCUT2D eigenvalue weighted by Crippen LogP contribution is 2.46. The van der Waals surface area contributed by atoms with Crippen LogP contribution >= 0.6 is 0 Å². The molecular formula is C26H29N3O2. The molecule has 1 amide bonds. The zero-order valence-corrected chi connectivity index (χ0v) is 18.8. The molecule has 2 aromatic rings. The van der Waals surface area contributed by atoms with E-state index in [4.69, 9.17) is 0 Å². The standard InChI is InChI=1S/C26H29N3O2/c1-15-6-9-18(10-7-15)23-22(25(31)29-21-11-8-16(2)14-27-21)17(3)28-19-12-26(4,5)13-20(30)24(19)23/h6-11,14,23,28H,12-13H2,1-5H3,(H,27,29,31)/t23-/m1/s1. The number of Topliss-reactive ketones (excluding diaryl/α,β-unsaturated/α-hetero) is 1. The molecule has 4 rings (SSSR count). The second kappa shape index (κ2) is 7.80. The summed E-state index contributed by atoms with van der Waals surface area (Å²) < 4.78 is 0. The van der Waals surface area contributed by atoms with Crippen LogP contribution in [0.1, 0.15) is 56.2 Å². The summed E-state index contributed by atoms with van der Waals surface area (Å²) in [5, 5.41) is 6.32. The van der Waals surface area contributed by atoms with E-state index in [1.807, 2.05) is 51.1 Å². The third kappa shape index (κ3) is 4.18. The third-order valence-corrected chi connectivity index (χ3v) is 6.05. The molecule has 0 fully saturated rings. The minimum absolute atomic E-state index is 0.105. The first kappa shape index (κ1) is 21.0. The Morgan fingerprint density at radius 3 is 2.35 bits per heavy atom. The number of hydrogen-bond donors (Lipinski definition) is 2. The van der Waals surface area contributed by atoms with E-state index >= 15 is 0 Å². The molecule has 0 spiro atoms. The number of ketones is 1. The van der Waals surface area contributed by atoms with Gasteiger partial charge in [-0.2, -0.15) is 0 Å². The van der Waals surface area contributed by atoms with Crippen LogP contribution in [0.2, 0.25) is 0 Å². The van der Waals surface area contributed by atoms with Gasteiger partial charge in [-0.3, -0.25) is 9.59 Å². The summed E-state index contributed by atoms with van der Waals surface area (Å²) >= 11 is 0. The topological polar surface area (TPSA) is 71.1 Å². The van der Waals surface area contributed by atoms with Gasteiger partial charge >= 0.3 is 0 Å². The molecule has 1 aromatic carbocycles. The summed E-state index contributed by atoms with van der Waals surface area (Å²) in [6.45, 7) is 10.1. The quantitative estimate of drug-likeness (QED) is 0.745. The number of carbonyl (C=O) groups excluding carboxylic acids is 2. The first-order chi connectivity index (χ1) is 14.6. The minimum Gasteiger partial charge on any atom is -0.362 e. The van der Waals surface area contributed by atoms with Crippen LogP contribution in [-0.4, -0.2) is 16.7 Å². The average molecular weight is 416 g/mol. The second-order valence-corrected chi connectivity index (χ2v) is 9.52. The zero-order valence-electron chi connectivity index (χ0n) is 18.8. The van der Waals surface area contributed by atoms with Crippen LogP contribution < -0.4 is 10.6 Å². The molecule has 1 aliphatic carbocycles. The summed E-state index contributed by atoms with van der Waals surface area (Å²) in [4.78, 5) is 31.0. The highest BCUT2D eigenvalue weighted by molar-refractivity contribution is 6.09. The molecule has 0 saturated carbocycles. The van der Waals surface area contributed by atoms with Crippen LogP contribution in [0.25, 0.3) is 0 Å². The number of nitrogens with zero attached hydrogens (tertiary/aromatic N) is 1. The molecule has 1 aliphatic heterocycles. The Kier molecular flexibility index (Phi) is 5.29. The number of allylic oxidation sites excluding steroid dienone is 3. The lowest BCUT2D eigenvalue weighted by molar-refractivity contribution is -0.118. The van der Waals surface area contributed by atoms with Gasteiger partial charge in [0, 0.05) is 41.1 Å². The Morgan fingerprint density at radius 1 is 1.03 bits per heavy atom. The van der Waals surface area contributed by atoms with Crippen LogP contribution in [0.5, 0.6) is 0 Å². The van der Waals surface area contributed by atoms with Crippen molar-refractivity contribution in [2.45, 2.75) is 53.4 Å². The van der Waals surface area contributed by atoms with Crippen molar-refractivity contribution in [3.05, 3.63) is 81.8 Å². The number of nitrogens with one attached hydrogen (secondary N) is 2. The van der Waals surface area contributed by atoms with E-state index in [9.17, 15) is 9.59 Å². The Bertz CT molecular complexity index is 1110. The van der Waals surface area contributed by atoms with Gasteiger partial charge in [-0.25, -0.2) is 4.98 Å². The van der Waals surface area contributed by atoms with E-state index in [2.05, 4.69) is 29.5 Å². The molecule has 1 atom stereocenters. The number of rotatable bonds is 3. The van der Waals surface area contributed by atoms with E-state index in [0.29, 0.717) is 17.8 Å². The minimum atomic E-state index is -0.397. The summed E-state index contributed by atoms with van der Waals surface area (Å²) in [5.74, 6) is -0.0352. The summed E-state index contributed by atoms with van der Waals surface area (Å²) in [7, 11) is 0. The summed E-state index contributed by atoms with van der Waals surface area (Å²) in [6.07, 6.45) is 2.98. The number of amides is 1. The lowest BCUT2D eigenvalue weighted by Gasteiger charge is -2.39. The molecule has 0 radical (unpaired) electrons. The average Bonchev–Trinajstić information content (AvgIpc) is 2.68. The Hall–Kier alpha value is -3.21. The molecule has 2 N–H and O–H groups in total. The third-order valence-electron chi connectivity index (χ3n) is 6.05. The van der Waals surface area contributed by atoms with Gasteiger partial charge in [0.15, 0.2) is 5.78 Å². The molecular weight excluding hydrogens is 386 g/mol. The predicted octanol–water partition coefficient (Wildman–Crippen LogP) is 4.94. The maximum Gasteiger partial charge on any atom is 0.255 e. The highest BCUT2D eigenvalue weighted by atomic mass is 16.2. The molecule has 31 heavy (non-hydrogen) atoms. The molecule has 1 aromatic heterocycles. The summed E-state index contributed by atoms with van der Waals surface area (Å²) in [5.41, 5.74) is 6.01. The van der Waals surface area contributed by atoms with Crippen LogP contribution in [-0.2, 0) is 9.59 Å². The molecule has 5 heteroatoms. The number of pyridine rings is 1. The van der Waals surface area contributed by atoms with Crippen LogP contribution in [0, 0.1) is 19.3 Å².